The van der Waals surface area contributed by atoms with E-state index in [2.05, 4.69) is 5.32 Å². The third-order valence-corrected chi connectivity index (χ3v) is 4.23. The van der Waals surface area contributed by atoms with Crippen LogP contribution in [-0.2, 0) is 9.53 Å². The molecule has 0 amide bonds. The van der Waals surface area contributed by atoms with Crippen LogP contribution in [0, 0.1) is 11.8 Å². The van der Waals surface area contributed by atoms with E-state index < -0.39 is 0 Å². The molecule has 16 heavy (non-hydrogen) atoms. The molecule has 5 unspecified atom stereocenters. The smallest absolute Gasteiger partial charge is 0.159 e. The summed E-state index contributed by atoms with van der Waals surface area (Å²) < 4.78 is 5.39. The number of fused-ring (bicyclic) bond motifs is 4. The van der Waals surface area contributed by atoms with Crippen LogP contribution in [0.2, 0.25) is 0 Å². The average molecular weight is 223 g/mol. The highest BCUT2D eigenvalue weighted by Gasteiger charge is 2.48. The van der Waals surface area contributed by atoms with Crippen LogP contribution in [0.3, 0.4) is 0 Å². The van der Waals surface area contributed by atoms with Gasteiger partial charge in [-0.05, 0) is 25.7 Å². The highest BCUT2D eigenvalue weighted by atomic mass is 16.5. The van der Waals surface area contributed by atoms with Gasteiger partial charge in [-0.15, -0.1) is 0 Å². The summed E-state index contributed by atoms with van der Waals surface area (Å²) in [5.41, 5.74) is 0.807. The Kier molecular flexibility index (Phi) is 2.30. The molecule has 4 nitrogen and oxygen atoms in total. The van der Waals surface area contributed by atoms with Gasteiger partial charge in [0.15, 0.2) is 5.78 Å². The molecule has 3 heterocycles. The van der Waals surface area contributed by atoms with Gasteiger partial charge < -0.3 is 15.2 Å². The van der Waals surface area contributed by atoms with Crippen LogP contribution in [-0.4, -0.2) is 35.7 Å². The normalized spacial score (nSPS) is 45.6. The zero-order valence-corrected chi connectivity index (χ0v) is 9.35. The summed E-state index contributed by atoms with van der Waals surface area (Å²) in [4.78, 5) is 11.5. The number of aliphatic hydroxyl groups is 1. The lowest BCUT2D eigenvalue weighted by Crippen LogP contribution is -2.50. The van der Waals surface area contributed by atoms with Crippen molar-refractivity contribution >= 4 is 5.78 Å². The van der Waals surface area contributed by atoms with Crippen molar-refractivity contribution in [2.75, 3.05) is 6.61 Å². The van der Waals surface area contributed by atoms with E-state index in [9.17, 15) is 9.90 Å². The molecule has 0 aromatic rings. The molecule has 0 spiro atoms. The minimum Gasteiger partial charge on any atom is -0.500 e. The summed E-state index contributed by atoms with van der Waals surface area (Å²) in [7, 11) is 0. The first-order valence-corrected chi connectivity index (χ1v) is 5.93. The van der Waals surface area contributed by atoms with E-state index in [4.69, 9.17) is 4.74 Å². The summed E-state index contributed by atoms with van der Waals surface area (Å²) in [5, 5.41) is 13.3. The van der Waals surface area contributed by atoms with Crippen LogP contribution in [0.1, 0.15) is 19.8 Å². The zero-order valence-electron chi connectivity index (χ0n) is 9.35. The van der Waals surface area contributed by atoms with Crippen molar-refractivity contribution in [3.63, 3.8) is 0 Å². The lowest BCUT2D eigenvalue weighted by Gasteiger charge is -2.40. The molecule has 3 aliphatic heterocycles. The van der Waals surface area contributed by atoms with E-state index in [1.165, 1.54) is 0 Å². The number of aliphatic hydroxyl groups excluding tert-OH is 1. The van der Waals surface area contributed by atoms with Crippen molar-refractivity contribution in [2.45, 2.75) is 38.0 Å². The Hall–Kier alpha value is -0.870. The van der Waals surface area contributed by atoms with Crippen molar-refractivity contribution in [1.82, 2.24) is 5.32 Å². The monoisotopic (exact) mass is 223 g/mol. The van der Waals surface area contributed by atoms with Gasteiger partial charge in [-0.25, -0.2) is 0 Å². The maximum Gasteiger partial charge on any atom is 0.159 e. The van der Waals surface area contributed by atoms with Gasteiger partial charge in [-0.3, -0.25) is 4.79 Å². The molecule has 2 saturated heterocycles. The Balaban J connectivity index is 1.90. The summed E-state index contributed by atoms with van der Waals surface area (Å²) in [6.07, 6.45) is 3.02. The summed E-state index contributed by atoms with van der Waals surface area (Å²) in [6, 6.07) is 0.467. The molecule has 2 bridgehead atoms. The number of carbonyl (C=O) groups is 1. The number of ketones is 1. The van der Waals surface area contributed by atoms with Gasteiger partial charge in [0.05, 0.1) is 19.0 Å². The van der Waals surface area contributed by atoms with Crippen molar-refractivity contribution in [2.24, 2.45) is 11.8 Å². The topological polar surface area (TPSA) is 58.6 Å². The molecule has 0 saturated carbocycles. The maximum absolute atomic E-state index is 11.5. The van der Waals surface area contributed by atoms with Crippen LogP contribution in [0.4, 0.5) is 0 Å². The zero-order chi connectivity index (χ0) is 11.3. The predicted octanol–water partition coefficient (Wildman–Crippen LogP) is 0.217. The lowest BCUT2D eigenvalue weighted by atomic mass is 9.75. The second kappa shape index (κ2) is 3.57. The molecule has 0 aromatic carbocycles. The van der Waals surface area contributed by atoms with Gasteiger partial charge in [0.1, 0.15) is 0 Å². The van der Waals surface area contributed by atoms with Crippen LogP contribution < -0.4 is 5.32 Å². The third kappa shape index (κ3) is 1.40. The number of hydrogen-bond acceptors (Lipinski definition) is 4. The molecular weight excluding hydrogens is 206 g/mol. The molecule has 2 fully saturated rings. The number of rotatable bonds is 1. The number of piperidine rings is 1. The van der Waals surface area contributed by atoms with Gasteiger partial charge in [-0.1, -0.05) is 0 Å². The van der Waals surface area contributed by atoms with E-state index in [0.29, 0.717) is 18.6 Å². The van der Waals surface area contributed by atoms with Crippen molar-refractivity contribution in [1.29, 1.82) is 0 Å². The second-order valence-electron chi connectivity index (χ2n) is 5.15. The van der Waals surface area contributed by atoms with Gasteiger partial charge in [0.2, 0.25) is 0 Å². The van der Waals surface area contributed by atoms with E-state index in [0.717, 1.165) is 18.4 Å². The third-order valence-electron chi connectivity index (χ3n) is 4.23. The highest BCUT2D eigenvalue weighted by molar-refractivity contribution is 5.93. The lowest BCUT2D eigenvalue weighted by molar-refractivity contribution is -0.115. The number of allylic oxidation sites excluding steroid dienone is 1. The molecule has 88 valence electrons. The first kappa shape index (κ1) is 10.3. The van der Waals surface area contributed by atoms with Gasteiger partial charge >= 0.3 is 0 Å². The number of hydrogen-bond donors (Lipinski definition) is 2. The average Bonchev–Trinajstić information content (AvgIpc) is 2.55. The minimum absolute atomic E-state index is 0.102. The van der Waals surface area contributed by atoms with Crippen molar-refractivity contribution in [3.05, 3.63) is 11.8 Å². The van der Waals surface area contributed by atoms with Gasteiger partial charge in [0.25, 0.3) is 0 Å². The quantitative estimate of drug-likeness (QED) is 0.667. The second-order valence-corrected chi connectivity index (χ2v) is 5.15. The Morgan fingerprint density at radius 3 is 3.06 bits per heavy atom. The predicted molar refractivity (Wildman–Crippen MR) is 57.6 cm³/mol. The standard InChI is InChI=1S/C12H17NO3/c1-6(14)8-4-16-5-9-7(8)2-11-12(15)3-10(9)13-11/h4,7,9-13,15H,2-3,5H2,1H3. The Bertz CT molecular complexity index is 350. The van der Waals surface area contributed by atoms with Crippen LogP contribution in [0.15, 0.2) is 11.8 Å². The molecular formula is C12H17NO3. The molecule has 3 rings (SSSR count). The molecule has 0 aromatic heterocycles. The largest absolute Gasteiger partial charge is 0.500 e. The first-order valence-electron chi connectivity index (χ1n) is 5.93. The van der Waals surface area contributed by atoms with Crippen molar-refractivity contribution in [3.8, 4) is 0 Å². The Morgan fingerprint density at radius 1 is 1.50 bits per heavy atom. The van der Waals surface area contributed by atoms with Gasteiger partial charge in [0, 0.05) is 23.6 Å². The van der Waals surface area contributed by atoms with Crippen molar-refractivity contribution < 1.29 is 14.6 Å². The number of ether oxygens (including phenoxy) is 1. The van der Waals surface area contributed by atoms with E-state index in [1.54, 1.807) is 13.2 Å². The van der Waals surface area contributed by atoms with E-state index >= 15 is 0 Å². The Labute approximate surface area is 94.7 Å². The fourth-order valence-electron chi connectivity index (χ4n) is 3.40. The SMILES string of the molecule is CC(=O)C1=COCC2C3CC(O)C(CC12)N3. The maximum atomic E-state index is 11.5. The molecule has 0 aliphatic carbocycles. The fraction of sp³-hybridized carbons (Fsp3) is 0.750. The summed E-state index contributed by atoms with van der Waals surface area (Å²) in [5.74, 6) is 0.724. The number of nitrogens with one attached hydrogen (secondary N) is 1. The number of carbonyl (C=O) groups excluding carboxylic acids is 1. The molecule has 4 heteroatoms. The Morgan fingerprint density at radius 2 is 2.31 bits per heavy atom. The summed E-state index contributed by atoms with van der Waals surface area (Å²) in [6.45, 7) is 2.26. The van der Waals surface area contributed by atoms with E-state index in [-0.39, 0.29) is 23.8 Å². The number of Topliss-reactive ketones (excluding diaryl/α,β-unsaturated/α-hetero) is 1. The van der Waals surface area contributed by atoms with Crippen LogP contribution >= 0.6 is 0 Å². The van der Waals surface area contributed by atoms with Crippen LogP contribution in [0.5, 0.6) is 0 Å². The fourth-order valence-corrected chi connectivity index (χ4v) is 3.40. The summed E-state index contributed by atoms with van der Waals surface area (Å²) >= 11 is 0. The molecule has 5 atom stereocenters. The molecule has 2 N–H and O–H groups in total. The highest BCUT2D eigenvalue weighted by Crippen LogP contribution is 2.41. The van der Waals surface area contributed by atoms with Gasteiger partial charge in [-0.2, -0.15) is 0 Å². The molecule has 3 aliphatic rings. The molecule has 0 radical (unpaired) electrons. The van der Waals surface area contributed by atoms with E-state index in [1.807, 2.05) is 0 Å². The van der Waals surface area contributed by atoms with Crippen LogP contribution in [0.25, 0.3) is 0 Å². The first-order chi connectivity index (χ1) is 7.66. The minimum atomic E-state index is -0.260.